The number of aromatic carboxylic acids is 1. The lowest BCUT2D eigenvalue weighted by atomic mass is 10.0. The van der Waals surface area contributed by atoms with Crippen LogP contribution < -0.4 is 0 Å². The second-order valence-corrected chi connectivity index (χ2v) is 4.65. The summed E-state index contributed by atoms with van der Waals surface area (Å²) in [5.74, 6) is -0.356. The average molecular weight is 239 g/mol. The predicted octanol–water partition coefficient (Wildman–Crippen LogP) is 2.54. The summed E-state index contributed by atoms with van der Waals surface area (Å²) in [6, 6.07) is 0. The lowest BCUT2D eigenvalue weighted by Gasteiger charge is -2.15. The first kappa shape index (κ1) is 13.7. The molecule has 0 aliphatic heterocycles. The highest BCUT2D eigenvalue weighted by atomic mass is 16.4. The molecule has 1 aromatic rings. The Morgan fingerprint density at radius 3 is 2.35 bits per heavy atom. The van der Waals surface area contributed by atoms with Crippen molar-refractivity contribution < 1.29 is 9.90 Å². The number of carbonyl (C=O) groups is 1. The van der Waals surface area contributed by atoms with Crippen LogP contribution in [-0.2, 0) is 6.54 Å². The number of rotatable bonds is 6. The summed E-state index contributed by atoms with van der Waals surface area (Å²) in [6.45, 7) is 8.96. The largest absolute Gasteiger partial charge is 0.476 e. The summed E-state index contributed by atoms with van der Waals surface area (Å²) in [5.41, 5.74) is 0.815. The third kappa shape index (κ3) is 3.05. The van der Waals surface area contributed by atoms with Crippen molar-refractivity contribution in [2.45, 2.75) is 53.0 Å². The van der Waals surface area contributed by atoms with Crippen LogP contribution in [0.1, 0.15) is 62.6 Å². The van der Waals surface area contributed by atoms with Crippen molar-refractivity contribution in [1.29, 1.82) is 0 Å². The molecule has 0 radical (unpaired) electrons. The Kier molecular flexibility index (Phi) is 4.66. The van der Waals surface area contributed by atoms with Gasteiger partial charge in [0, 0.05) is 6.54 Å². The van der Waals surface area contributed by atoms with Crippen molar-refractivity contribution in [2.75, 3.05) is 0 Å². The van der Waals surface area contributed by atoms with Gasteiger partial charge in [0.25, 0.3) is 0 Å². The Bertz CT molecular complexity index is 381. The zero-order valence-corrected chi connectivity index (χ0v) is 11.0. The van der Waals surface area contributed by atoms with E-state index in [-0.39, 0.29) is 11.6 Å². The van der Waals surface area contributed by atoms with E-state index in [0.717, 1.165) is 25.1 Å². The molecule has 0 bridgehead atoms. The molecule has 1 heterocycles. The van der Waals surface area contributed by atoms with Crippen molar-refractivity contribution in [3.63, 3.8) is 0 Å². The molecule has 5 heteroatoms. The molecule has 1 N–H and O–H groups in total. The summed E-state index contributed by atoms with van der Waals surface area (Å²) in [5, 5.41) is 16.8. The number of carboxylic acid groups (broad SMARTS) is 1. The van der Waals surface area contributed by atoms with E-state index >= 15 is 0 Å². The molecule has 1 aromatic heterocycles. The van der Waals surface area contributed by atoms with Gasteiger partial charge < -0.3 is 5.11 Å². The maximum Gasteiger partial charge on any atom is 0.358 e. The lowest BCUT2D eigenvalue weighted by Crippen LogP contribution is -2.15. The van der Waals surface area contributed by atoms with Gasteiger partial charge in [-0.1, -0.05) is 45.7 Å². The van der Waals surface area contributed by atoms with Gasteiger partial charge in [-0.25, -0.2) is 9.48 Å². The normalized spacial score (nSPS) is 11.4. The average Bonchev–Trinajstić information content (AvgIpc) is 2.69. The molecule has 0 fully saturated rings. The van der Waals surface area contributed by atoms with E-state index in [4.69, 9.17) is 5.11 Å². The first-order valence-electron chi connectivity index (χ1n) is 6.17. The van der Waals surface area contributed by atoms with Crippen LogP contribution in [0.15, 0.2) is 0 Å². The highest BCUT2D eigenvalue weighted by molar-refractivity contribution is 5.86. The fraction of sp³-hybridized carbons (Fsp3) is 0.750. The first-order valence-corrected chi connectivity index (χ1v) is 6.17. The van der Waals surface area contributed by atoms with Crippen LogP contribution in [0.4, 0.5) is 0 Å². The standard InChI is InChI=1S/C12H21N3O2/c1-5-9(6-2)7-15-11(8(3)4)10(12(16)17)13-14-15/h8-9H,5-7H2,1-4H3,(H,16,17). The summed E-state index contributed by atoms with van der Waals surface area (Å²) in [4.78, 5) is 11.0. The highest BCUT2D eigenvalue weighted by Gasteiger charge is 2.22. The van der Waals surface area contributed by atoms with Crippen LogP contribution in [0.2, 0.25) is 0 Å². The molecule has 0 saturated heterocycles. The van der Waals surface area contributed by atoms with Gasteiger partial charge in [-0.05, 0) is 11.8 Å². The molecule has 0 amide bonds. The van der Waals surface area contributed by atoms with Crippen LogP contribution in [-0.4, -0.2) is 26.1 Å². The number of nitrogens with zero attached hydrogens (tertiary/aromatic N) is 3. The fourth-order valence-electron chi connectivity index (χ4n) is 1.97. The maximum atomic E-state index is 11.0. The Morgan fingerprint density at radius 1 is 1.35 bits per heavy atom. The van der Waals surface area contributed by atoms with Crippen molar-refractivity contribution in [1.82, 2.24) is 15.0 Å². The minimum absolute atomic E-state index is 0.0888. The molecule has 0 aromatic carbocycles. The Labute approximate surface area is 102 Å². The van der Waals surface area contributed by atoms with Gasteiger partial charge in [0.15, 0.2) is 5.69 Å². The van der Waals surface area contributed by atoms with E-state index in [1.54, 1.807) is 4.68 Å². The highest BCUT2D eigenvalue weighted by Crippen LogP contribution is 2.20. The molecule has 1 rings (SSSR count). The maximum absolute atomic E-state index is 11.0. The molecule has 17 heavy (non-hydrogen) atoms. The molecular formula is C12H21N3O2. The van der Waals surface area contributed by atoms with Gasteiger partial charge in [-0.3, -0.25) is 0 Å². The van der Waals surface area contributed by atoms with Crippen LogP contribution in [0, 0.1) is 5.92 Å². The monoisotopic (exact) mass is 239 g/mol. The smallest absolute Gasteiger partial charge is 0.358 e. The number of hydrogen-bond donors (Lipinski definition) is 1. The van der Waals surface area contributed by atoms with Crippen LogP contribution in [0.3, 0.4) is 0 Å². The Hall–Kier alpha value is -1.39. The topological polar surface area (TPSA) is 68.0 Å². The van der Waals surface area contributed by atoms with Gasteiger partial charge in [-0.2, -0.15) is 0 Å². The molecule has 0 atom stereocenters. The first-order chi connectivity index (χ1) is 8.01. The van der Waals surface area contributed by atoms with E-state index in [1.807, 2.05) is 13.8 Å². The van der Waals surface area contributed by atoms with E-state index in [9.17, 15) is 4.79 Å². The Morgan fingerprint density at radius 2 is 1.94 bits per heavy atom. The van der Waals surface area contributed by atoms with Crippen LogP contribution in [0.5, 0.6) is 0 Å². The second-order valence-electron chi connectivity index (χ2n) is 4.65. The van der Waals surface area contributed by atoms with Crippen molar-refractivity contribution in [2.24, 2.45) is 5.92 Å². The van der Waals surface area contributed by atoms with E-state index < -0.39 is 5.97 Å². The van der Waals surface area contributed by atoms with E-state index in [2.05, 4.69) is 24.2 Å². The second kappa shape index (κ2) is 5.80. The van der Waals surface area contributed by atoms with Gasteiger partial charge in [0.1, 0.15) is 0 Å². The SMILES string of the molecule is CCC(CC)Cn1nnc(C(=O)O)c1C(C)C. The third-order valence-corrected chi connectivity index (χ3v) is 3.11. The fourth-order valence-corrected chi connectivity index (χ4v) is 1.97. The lowest BCUT2D eigenvalue weighted by molar-refractivity contribution is 0.0688. The van der Waals surface area contributed by atoms with Crippen molar-refractivity contribution >= 4 is 5.97 Å². The molecule has 0 aliphatic rings. The number of aromatic nitrogens is 3. The molecule has 0 unspecified atom stereocenters. The zero-order chi connectivity index (χ0) is 13.0. The van der Waals surface area contributed by atoms with Crippen LogP contribution >= 0.6 is 0 Å². The summed E-state index contributed by atoms with van der Waals surface area (Å²) < 4.78 is 1.76. The summed E-state index contributed by atoms with van der Waals surface area (Å²) in [6.07, 6.45) is 2.13. The summed E-state index contributed by atoms with van der Waals surface area (Å²) in [7, 11) is 0. The van der Waals surface area contributed by atoms with Crippen molar-refractivity contribution in [3.05, 3.63) is 11.4 Å². The Balaban J connectivity index is 3.03. The quantitative estimate of drug-likeness (QED) is 0.828. The minimum atomic E-state index is -0.996. The molecule has 96 valence electrons. The minimum Gasteiger partial charge on any atom is -0.476 e. The molecule has 0 saturated carbocycles. The number of hydrogen-bond acceptors (Lipinski definition) is 3. The van der Waals surface area contributed by atoms with E-state index in [1.165, 1.54) is 0 Å². The predicted molar refractivity (Wildman–Crippen MR) is 65.1 cm³/mol. The van der Waals surface area contributed by atoms with Crippen LogP contribution in [0.25, 0.3) is 0 Å². The van der Waals surface area contributed by atoms with Gasteiger partial charge in [0.2, 0.25) is 0 Å². The van der Waals surface area contributed by atoms with Gasteiger partial charge >= 0.3 is 5.97 Å². The van der Waals surface area contributed by atoms with Gasteiger partial charge in [-0.15, -0.1) is 5.10 Å². The molecule has 5 nitrogen and oxygen atoms in total. The molecule has 0 spiro atoms. The summed E-state index contributed by atoms with van der Waals surface area (Å²) >= 11 is 0. The van der Waals surface area contributed by atoms with Crippen molar-refractivity contribution in [3.8, 4) is 0 Å². The van der Waals surface area contributed by atoms with E-state index in [0.29, 0.717) is 5.92 Å². The zero-order valence-electron chi connectivity index (χ0n) is 11.0. The molecule has 0 aliphatic carbocycles. The third-order valence-electron chi connectivity index (χ3n) is 3.11. The van der Waals surface area contributed by atoms with Gasteiger partial charge in [0.05, 0.1) is 5.69 Å². The number of carboxylic acids is 1. The molecular weight excluding hydrogens is 218 g/mol.